The Hall–Kier alpha value is -3.01. The first kappa shape index (κ1) is 23.3. The fraction of sp³-hybridized carbons (Fsp3) is 0.158. The quantitative estimate of drug-likeness (QED) is 0.367. The largest absolute Gasteiger partial charge is 0.452 e. The van der Waals surface area contributed by atoms with Crippen LogP contribution in [0.1, 0.15) is 16.7 Å². The second-order valence-corrected chi connectivity index (χ2v) is 6.18. The molecule has 0 aromatic heterocycles. The average molecular weight is 452 g/mol. The first-order chi connectivity index (χ1) is 13.9. The van der Waals surface area contributed by atoms with Crippen LogP contribution in [0, 0.1) is 0 Å². The Morgan fingerprint density at radius 2 is 1.60 bits per heavy atom. The van der Waals surface area contributed by atoms with E-state index in [1.807, 2.05) is 5.32 Å². The molecule has 0 heterocycles. The number of carbonyl (C=O) groups is 2. The number of alkyl halides is 6. The summed E-state index contributed by atoms with van der Waals surface area (Å²) in [5, 5.41) is 1.58. The fourth-order valence-electron chi connectivity index (χ4n) is 2.20. The van der Waals surface area contributed by atoms with Crippen molar-refractivity contribution >= 4 is 35.2 Å². The monoisotopic (exact) mass is 451 g/mol. The van der Waals surface area contributed by atoms with E-state index in [1.165, 1.54) is 0 Å². The van der Waals surface area contributed by atoms with E-state index in [9.17, 15) is 35.9 Å². The Bertz CT molecular complexity index is 952. The van der Waals surface area contributed by atoms with Gasteiger partial charge in [0.2, 0.25) is 0 Å². The van der Waals surface area contributed by atoms with Gasteiger partial charge in [0, 0.05) is 6.08 Å². The lowest BCUT2D eigenvalue weighted by molar-refractivity contribution is -0.142. The van der Waals surface area contributed by atoms with Gasteiger partial charge in [-0.3, -0.25) is 4.79 Å². The molecule has 1 N–H and O–H groups in total. The zero-order chi connectivity index (χ0) is 22.5. The SMILES string of the molecule is O=C(COC(=O)/C=C/c1ccc(C(F)(F)F)cc1)Nc1c(Cl)cccc1C(F)(F)F. The minimum atomic E-state index is -4.77. The summed E-state index contributed by atoms with van der Waals surface area (Å²) in [7, 11) is 0. The molecular formula is C19H12ClF6NO3. The zero-order valence-electron chi connectivity index (χ0n) is 14.8. The van der Waals surface area contributed by atoms with Crippen molar-refractivity contribution in [2.24, 2.45) is 0 Å². The summed E-state index contributed by atoms with van der Waals surface area (Å²) in [6, 6.07) is 6.81. The number of hydrogen-bond donors (Lipinski definition) is 1. The number of nitrogens with one attached hydrogen (secondary N) is 1. The Labute approximate surface area is 171 Å². The standard InChI is InChI=1S/C19H12ClF6NO3/c20-14-3-1-2-13(19(24,25)26)17(14)27-15(28)10-30-16(29)9-6-11-4-7-12(8-5-11)18(21,22)23/h1-9H,10H2,(H,27,28)/b9-6+. The van der Waals surface area contributed by atoms with Gasteiger partial charge in [0.1, 0.15) is 0 Å². The van der Waals surface area contributed by atoms with E-state index in [2.05, 4.69) is 4.74 Å². The molecule has 4 nitrogen and oxygen atoms in total. The molecule has 0 saturated heterocycles. The summed E-state index contributed by atoms with van der Waals surface area (Å²) in [6.45, 7) is -0.904. The van der Waals surface area contributed by atoms with Crippen molar-refractivity contribution in [2.45, 2.75) is 12.4 Å². The number of benzene rings is 2. The minimum Gasteiger partial charge on any atom is -0.452 e. The number of hydrogen-bond acceptors (Lipinski definition) is 3. The van der Waals surface area contributed by atoms with Crippen LogP contribution in [0.4, 0.5) is 32.0 Å². The number of amides is 1. The first-order valence-corrected chi connectivity index (χ1v) is 8.43. The molecule has 2 aromatic carbocycles. The molecule has 0 saturated carbocycles. The normalized spacial score (nSPS) is 12.1. The molecular weight excluding hydrogens is 440 g/mol. The van der Waals surface area contributed by atoms with E-state index in [0.717, 1.165) is 54.6 Å². The van der Waals surface area contributed by atoms with Crippen LogP contribution >= 0.6 is 11.6 Å². The number of para-hydroxylation sites is 1. The van der Waals surface area contributed by atoms with Crippen LogP contribution < -0.4 is 5.32 Å². The Kier molecular flexibility index (Phi) is 7.14. The molecule has 0 bridgehead atoms. The molecule has 2 aromatic rings. The third-order valence-corrected chi connectivity index (χ3v) is 3.89. The molecule has 11 heteroatoms. The lowest BCUT2D eigenvalue weighted by Gasteiger charge is -2.15. The van der Waals surface area contributed by atoms with Crippen molar-refractivity contribution in [1.82, 2.24) is 0 Å². The lowest BCUT2D eigenvalue weighted by Crippen LogP contribution is -2.22. The second-order valence-electron chi connectivity index (χ2n) is 5.77. The van der Waals surface area contributed by atoms with Crippen LogP contribution in [0.15, 0.2) is 48.5 Å². The maximum atomic E-state index is 13.0. The topological polar surface area (TPSA) is 55.4 Å². The summed E-state index contributed by atoms with van der Waals surface area (Å²) >= 11 is 5.69. The average Bonchev–Trinajstić information content (AvgIpc) is 2.65. The van der Waals surface area contributed by atoms with Crippen LogP contribution in [0.25, 0.3) is 6.08 Å². The number of anilines is 1. The number of esters is 1. The summed E-state index contributed by atoms with van der Waals surface area (Å²) in [6.07, 6.45) is -7.26. The maximum absolute atomic E-state index is 13.0. The van der Waals surface area contributed by atoms with Gasteiger partial charge < -0.3 is 10.1 Å². The van der Waals surface area contributed by atoms with Gasteiger partial charge in [0.15, 0.2) is 6.61 Å². The summed E-state index contributed by atoms with van der Waals surface area (Å²) in [5.41, 5.74) is -2.45. The second kappa shape index (κ2) is 9.21. The zero-order valence-corrected chi connectivity index (χ0v) is 15.5. The molecule has 0 fully saturated rings. The van der Waals surface area contributed by atoms with Gasteiger partial charge >= 0.3 is 18.3 Å². The van der Waals surface area contributed by atoms with Gasteiger partial charge in [-0.2, -0.15) is 26.3 Å². The molecule has 0 spiro atoms. The third kappa shape index (κ3) is 6.51. The molecule has 0 aliphatic carbocycles. The van der Waals surface area contributed by atoms with Crippen molar-refractivity contribution in [3.8, 4) is 0 Å². The molecule has 2 rings (SSSR count). The van der Waals surface area contributed by atoms with Crippen LogP contribution in [0.2, 0.25) is 5.02 Å². The van der Waals surface area contributed by atoms with Crippen molar-refractivity contribution in [3.63, 3.8) is 0 Å². The van der Waals surface area contributed by atoms with E-state index in [1.54, 1.807) is 0 Å². The van der Waals surface area contributed by atoms with Crippen LogP contribution in [0.5, 0.6) is 0 Å². The number of ether oxygens (including phenoxy) is 1. The van der Waals surface area contributed by atoms with Gasteiger partial charge in [0.25, 0.3) is 5.91 Å². The highest BCUT2D eigenvalue weighted by Crippen LogP contribution is 2.38. The van der Waals surface area contributed by atoms with E-state index in [4.69, 9.17) is 11.6 Å². The van der Waals surface area contributed by atoms with Crippen molar-refractivity contribution in [1.29, 1.82) is 0 Å². The highest BCUT2D eigenvalue weighted by molar-refractivity contribution is 6.34. The van der Waals surface area contributed by atoms with Crippen molar-refractivity contribution in [2.75, 3.05) is 11.9 Å². The lowest BCUT2D eigenvalue weighted by atomic mass is 10.1. The Balaban J connectivity index is 1.94. The van der Waals surface area contributed by atoms with E-state index in [0.29, 0.717) is 0 Å². The van der Waals surface area contributed by atoms with Gasteiger partial charge in [-0.05, 0) is 35.9 Å². The Morgan fingerprint density at radius 1 is 0.967 bits per heavy atom. The van der Waals surface area contributed by atoms with E-state index < -0.39 is 47.7 Å². The van der Waals surface area contributed by atoms with Crippen LogP contribution in [-0.4, -0.2) is 18.5 Å². The van der Waals surface area contributed by atoms with Crippen LogP contribution in [0.3, 0.4) is 0 Å². The van der Waals surface area contributed by atoms with E-state index in [-0.39, 0.29) is 10.6 Å². The highest BCUT2D eigenvalue weighted by Gasteiger charge is 2.35. The predicted octanol–water partition coefficient (Wildman–Crippen LogP) is 5.57. The molecule has 30 heavy (non-hydrogen) atoms. The summed E-state index contributed by atoms with van der Waals surface area (Å²) in [5.74, 6) is -2.09. The number of rotatable bonds is 5. The molecule has 160 valence electrons. The molecule has 0 radical (unpaired) electrons. The molecule has 0 aliphatic rings. The van der Waals surface area contributed by atoms with E-state index >= 15 is 0 Å². The third-order valence-electron chi connectivity index (χ3n) is 3.58. The smallest absolute Gasteiger partial charge is 0.418 e. The number of carbonyl (C=O) groups excluding carboxylic acids is 2. The predicted molar refractivity (Wildman–Crippen MR) is 96.5 cm³/mol. The van der Waals surface area contributed by atoms with Gasteiger partial charge in [-0.15, -0.1) is 0 Å². The number of halogens is 7. The molecule has 1 amide bonds. The van der Waals surface area contributed by atoms with Gasteiger partial charge in [-0.25, -0.2) is 4.79 Å². The first-order valence-electron chi connectivity index (χ1n) is 8.05. The minimum absolute atomic E-state index is 0.260. The molecule has 0 aliphatic heterocycles. The Morgan fingerprint density at radius 3 is 2.17 bits per heavy atom. The van der Waals surface area contributed by atoms with Crippen LogP contribution in [-0.2, 0) is 26.7 Å². The highest BCUT2D eigenvalue weighted by atomic mass is 35.5. The summed E-state index contributed by atoms with van der Waals surface area (Å²) < 4.78 is 81.0. The van der Waals surface area contributed by atoms with Gasteiger partial charge in [-0.1, -0.05) is 29.8 Å². The van der Waals surface area contributed by atoms with Crippen molar-refractivity contribution < 1.29 is 40.7 Å². The fourth-order valence-corrected chi connectivity index (χ4v) is 2.42. The van der Waals surface area contributed by atoms with Crippen molar-refractivity contribution in [3.05, 3.63) is 70.3 Å². The summed E-state index contributed by atoms with van der Waals surface area (Å²) in [4.78, 5) is 23.4. The van der Waals surface area contributed by atoms with Gasteiger partial charge in [0.05, 0.1) is 21.8 Å². The molecule has 0 atom stereocenters. The molecule has 0 unspecified atom stereocenters. The maximum Gasteiger partial charge on any atom is 0.418 e.